The Morgan fingerprint density at radius 1 is 0.846 bits per heavy atom. The van der Waals surface area contributed by atoms with E-state index in [0.29, 0.717) is 23.5 Å². The molecule has 0 fully saturated rings. The molecule has 0 spiro atoms. The number of methoxy groups -OCH3 is 3. The van der Waals surface area contributed by atoms with Crippen molar-refractivity contribution in [3.8, 4) is 17.2 Å². The molecule has 26 heavy (non-hydrogen) atoms. The molecule has 138 valence electrons. The summed E-state index contributed by atoms with van der Waals surface area (Å²) in [4.78, 5) is 24.0. The van der Waals surface area contributed by atoms with Crippen molar-refractivity contribution in [3.05, 3.63) is 53.6 Å². The van der Waals surface area contributed by atoms with Gasteiger partial charge in [-0.2, -0.15) is 0 Å². The first-order valence-corrected chi connectivity index (χ1v) is 8.11. The number of aryl methyl sites for hydroxylation is 1. The van der Waals surface area contributed by atoms with Gasteiger partial charge in [0.2, 0.25) is 0 Å². The molecule has 0 N–H and O–H groups in total. The van der Waals surface area contributed by atoms with Gasteiger partial charge >= 0.3 is 5.97 Å². The lowest BCUT2D eigenvalue weighted by Gasteiger charge is -2.09. The zero-order valence-corrected chi connectivity index (χ0v) is 15.1. The predicted molar refractivity (Wildman–Crippen MR) is 96.2 cm³/mol. The first-order chi connectivity index (χ1) is 12.6. The van der Waals surface area contributed by atoms with Gasteiger partial charge in [0, 0.05) is 12.0 Å². The highest BCUT2D eigenvalue weighted by molar-refractivity contribution is 5.98. The van der Waals surface area contributed by atoms with Gasteiger partial charge in [-0.1, -0.05) is 12.1 Å². The number of rotatable bonds is 9. The maximum absolute atomic E-state index is 12.2. The van der Waals surface area contributed by atoms with Crippen LogP contribution in [-0.4, -0.2) is 39.7 Å². The average Bonchev–Trinajstić information content (AvgIpc) is 2.70. The molecule has 0 aliphatic rings. The van der Waals surface area contributed by atoms with E-state index in [1.54, 1.807) is 25.3 Å². The predicted octanol–water partition coefficient (Wildman–Crippen LogP) is 3.07. The fourth-order valence-electron chi connectivity index (χ4n) is 2.35. The monoisotopic (exact) mass is 358 g/mol. The van der Waals surface area contributed by atoms with Crippen LogP contribution in [0.4, 0.5) is 0 Å². The van der Waals surface area contributed by atoms with E-state index in [9.17, 15) is 9.59 Å². The second-order valence-corrected chi connectivity index (χ2v) is 5.50. The Labute approximate surface area is 152 Å². The normalized spacial score (nSPS) is 10.1. The maximum Gasteiger partial charge on any atom is 0.306 e. The zero-order valence-electron chi connectivity index (χ0n) is 15.1. The highest BCUT2D eigenvalue weighted by Gasteiger charge is 2.13. The average molecular weight is 358 g/mol. The fraction of sp³-hybridized carbons (Fsp3) is 0.300. The van der Waals surface area contributed by atoms with E-state index in [1.165, 1.54) is 14.2 Å². The van der Waals surface area contributed by atoms with Crippen LogP contribution >= 0.6 is 0 Å². The van der Waals surface area contributed by atoms with E-state index in [2.05, 4.69) is 0 Å². The summed E-state index contributed by atoms with van der Waals surface area (Å²) in [5, 5.41) is 0. The van der Waals surface area contributed by atoms with Gasteiger partial charge in [-0.05, 0) is 42.3 Å². The van der Waals surface area contributed by atoms with Crippen LogP contribution in [-0.2, 0) is 16.0 Å². The molecule has 0 radical (unpaired) electrons. The van der Waals surface area contributed by atoms with Crippen molar-refractivity contribution in [2.24, 2.45) is 0 Å². The molecule has 0 aromatic heterocycles. The van der Waals surface area contributed by atoms with Crippen LogP contribution in [0.15, 0.2) is 42.5 Å². The van der Waals surface area contributed by atoms with E-state index in [4.69, 9.17) is 18.9 Å². The number of esters is 1. The van der Waals surface area contributed by atoms with E-state index in [-0.39, 0.29) is 18.8 Å². The minimum Gasteiger partial charge on any atom is -0.497 e. The number of ether oxygens (including phenoxy) is 4. The van der Waals surface area contributed by atoms with Gasteiger partial charge in [-0.3, -0.25) is 9.59 Å². The largest absolute Gasteiger partial charge is 0.497 e. The van der Waals surface area contributed by atoms with Crippen LogP contribution in [0.1, 0.15) is 22.3 Å². The molecule has 2 aromatic rings. The lowest BCUT2D eigenvalue weighted by molar-refractivity contribution is -0.142. The molecule has 0 aliphatic heterocycles. The second-order valence-electron chi connectivity index (χ2n) is 5.50. The topological polar surface area (TPSA) is 71.1 Å². The van der Waals surface area contributed by atoms with E-state index in [1.807, 2.05) is 24.3 Å². The van der Waals surface area contributed by atoms with Gasteiger partial charge in [-0.15, -0.1) is 0 Å². The summed E-state index contributed by atoms with van der Waals surface area (Å²) in [6, 6.07) is 12.3. The fourth-order valence-corrected chi connectivity index (χ4v) is 2.35. The number of carbonyl (C=O) groups is 2. The van der Waals surface area contributed by atoms with Gasteiger partial charge in [0.1, 0.15) is 5.75 Å². The highest BCUT2D eigenvalue weighted by atomic mass is 16.5. The Morgan fingerprint density at radius 2 is 1.54 bits per heavy atom. The minimum absolute atomic E-state index is 0.200. The molecule has 0 aliphatic carbocycles. The van der Waals surface area contributed by atoms with Crippen molar-refractivity contribution < 1.29 is 28.5 Å². The summed E-state index contributed by atoms with van der Waals surface area (Å²) in [5.41, 5.74) is 1.39. The SMILES string of the molecule is COc1ccc(CCC(=O)OCC(=O)c2ccc(OC)c(OC)c2)cc1. The molecule has 0 bridgehead atoms. The lowest BCUT2D eigenvalue weighted by Crippen LogP contribution is -2.14. The zero-order chi connectivity index (χ0) is 18.9. The summed E-state index contributed by atoms with van der Waals surface area (Å²) < 4.78 is 20.4. The smallest absolute Gasteiger partial charge is 0.306 e. The lowest BCUT2D eigenvalue weighted by atomic mass is 10.1. The Kier molecular flexibility index (Phi) is 7.02. The molecular weight excluding hydrogens is 336 g/mol. The Morgan fingerprint density at radius 3 is 2.15 bits per heavy atom. The van der Waals surface area contributed by atoms with Gasteiger partial charge < -0.3 is 18.9 Å². The molecule has 2 rings (SSSR count). The van der Waals surface area contributed by atoms with Crippen molar-refractivity contribution in [2.45, 2.75) is 12.8 Å². The number of carbonyl (C=O) groups excluding carboxylic acids is 2. The number of Topliss-reactive ketones (excluding diaryl/α,β-unsaturated/α-hetero) is 1. The Bertz CT molecular complexity index is 751. The Hall–Kier alpha value is -3.02. The Balaban J connectivity index is 1.83. The van der Waals surface area contributed by atoms with Crippen LogP contribution in [0.25, 0.3) is 0 Å². The highest BCUT2D eigenvalue weighted by Crippen LogP contribution is 2.27. The molecule has 0 atom stereocenters. The first-order valence-electron chi connectivity index (χ1n) is 8.11. The molecule has 0 unspecified atom stereocenters. The first kappa shape index (κ1) is 19.3. The molecule has 2 aromatic carbocycles. The van der Waals surface area contributed by atoms with Crippen LogP contribution in [0.5, 0.6) is 17.2 Å². The van der Waals surface area contributed by atoms with Gasteiger partial charge in [0.25, 0.3) is 0 Å². The molecular formula is C20H22O6. The summed E-state index contributed by atoms with van der Waals surface area (Å²) >= 11 is 0. The molecule has 0 amide bonds. The third-order valence-corrected chi connectivity index (χ3v) is 3.85. The van der Waals surface area contributed by atoms with Gasteiger partial charge in [0.15, 0.2) is 23.9 Å². The van der Waals surface area contributed by atoms with Crippen molar-refractivity contribution in [1.29, 1.82) is 0 Å². The van der Waals surface area contributed by atoms with Crippen molar-refractivity contribution >= 4 is 11.8 Å². The number of benzene rings is 2. The van der Waals surface area contributed by atoms with Crippen molar-refractivity contribution in [2.75, 3.05) is 27.9 Å². The van der Waals surface area contributed by atoms with E-state index >= 15 is 0 Å². The quantitative estimate of drug-likeness (QED) is 0.507. The van der Waals surface area contributed by atoms with Crippen LogP contribution in [0.3, 0.4) is 0 Å². The minimum atomic E-state index is -0.422. The number of hydrogen-bond acceptors (Lipinski definition) is 6. The van der Waals surface area contributed by atoms with E-state index in [0.717, 1.165) is 11.3 Å². The summed E-state index contributed by atoms with van der Waals surface area (Å²) in [6.45, 7) is -0.309. The van der Waals surface area contributed by atoms with Crippen LogP contribution in [0, 0.1) is 0 Å². The van der Waals surface area contributed by atoms with Crippen molar-refractivity contribution in [1.82, 2.24) is 0 Å². The van der Waals surface area contributed by atoms with E-state index < -0.39 is 5.97 Å². The molecule has 0 saturated carbocycles. The van der Waals surface area contributed by atoms with Crippen molar-refractivity contribution in [3.63, 3.8) is 0 Å². The van der Waals surface area contributed by atoms with Gasteiger partial charge in [-0.25, -0.2) is 0 Å². The summed E-state index contributed by atoms with van der Waals surface area (Å²) in [5.74, 6) is 1.01. The number of ketones is 1. The van der Waals surface area contributed by atoms with Crippen LogP contribution < -0.4 is 14.2 Å². The molecule has 0 saturated heterocycles. The standard InChI is InChI=1S/C20H22O6/c1-23-16-8-4-14(5-9-16)6-11-20(22)26-13-17(21)15-7-10-18(24-2)19(12-15)25-3/h4-5,7-10,12H,6,11,13H2,1-3H3. The molecule has 6 nitrogen and oxygen atoms in total. The maximum atomic E-state index is 12.2. The number of hydrogen-bond donors (Lipinski definition) is 0. The summed E-state index contributed by atoms with van der Waals surface area (Å²) in [7, 11) is 4.61. The summed E-state index contributed by atoms with van der Waals surface area (Å²) in [6.07, 6.45) is 0.735. The molecule has 0 heterocycles. The van der Waals surface area contributed by atoms with Gasteiger partial charge in [0.05, 0.1) is 21.3 Å². The molecule has 6 heteroatoms. The third kappa shape index (κ3) is 5.24. The second kappa shape index (κ2) is 9.46. The third-order valence-electron chi connectivity index (χ3n) is 3.85. The van der Waals surface area contributed by atoms with Crippen LogP contribution in [0.2, 0.25) is 0 Å².